The summed E-state index contributed by atoms with van der Waals surface area (Å²) in [7, 11) is 0. The van der Waals surface area contributed by atoms with Crippen molar-refractivity contribution in [1.29, 1.82) is 0 Å². The van der Waals surface area contributed by atoms with Crippen molar-refractivity contribution in [2.75, 3.05) is 0 Å². The summed E-state index contributed by atoms with van der Waals surface area (Å²) in [5, 5.41) is 12.2. The molecule has 1 aromatic heterocycles. The van der Waals surface area contributed by atoms with Crippen LogP contribution in [0.15, 0.2) is 24.3 Å². The molecular formula is C29H36F2N2O4. The van der Waals surface area contributed by atoms with Crippen LogP contribution in [0.2, 0.25) is 0 Å². The first kappa shape index (κ1) is 25.7. The zero-order valence-electron chi connectivity index (χ0n) is 21.6. The molecule has 0 spiro atoms. The zero-order valence-corrected chi connectivity index (χ0v) is 21.6. The molecule has 0 radical (unpaired) electrons. The van der Waals surface area contributed by atoms with Gasteiger partial charge in [-0.3, -0.25) is 9.59 Å². The largest absolute Gasteiger partial charge is 0.481 e. The lowest BCUT2D eigenvalue weighted by molar-refractivity contribution is -0.145. The van der Waals surface area contributed by atoms with E-state index in [1.165, 1.54) is 19.3 Å². The maximum absolute atomic E-state index is 13.3. The Morgan fingerprint density at radius 3 is 2.46 bits per heavy atom. The number of hydrogen-bond donors (Lipinski definition) is 2. The van der Waals surface area contributed by atoms with Crippen LogP contribution < -0.4 is 10.1 Å². The average molecular weight is 515 g/mol. The van der Waals surface area contributed by atoms with Crippen LogP contribution in [0.4, 0.5) is 8.78 Å². The summed E-state index contributed by atoms with van der Waals surface area (Å²) >= 11 is 0. The lowest BCUT2D eigenvalue weighted by Crippen LogP contribution is -2.46. The van der Waals surface area contributed by atoms with Crippen molar-refractivity contribution in [3.63, 3.8) is 0 Å². The van der Waals surface area contributed by atoms with Crippen LogP contribution in [0, 0.1) is 18.8 Å². The summed E-state index contributed by atoms with van der Waals surface area (Å²) in [5.74, 6) is -0.812. The van der Waals surface area contributed by atoms with Crippen LogP contribution in [0.1, 0.15) is 86.3 Å². The summed E-state index contributed by atoms with van der Waals surface area (Å²) < 4.78 is 33.4. The van der Waals surface area contributed by atoms with Gasteiger partial charge < -0.3 is 19.7 Å². The summed E-state index contributed by atoms with van der Waals surface area (Å²) in [4.78, 5) is 24.4. The first-order valence-electron chi connectivity index (χ1n) is 13.5. The number of nitrogens with one attached hydrogen (secondary N) is 1. The third kappa shape index (κ3) is 5.53. The highest BCUT2D eigenvalue weighted by atomic mass is 19.3. The SMILES string of the molecule is Cc1c(C(=O)NC2CC(C(=O)O)C2)cc(-c2cc(OC(F)F)cc(C3(C)CC3)c2)n1CC1CCCCC1. The zero-order chi connectivity index (χ0) is 26.3. The van der Waals surface area contributed by atoms with Gasteiger partial charge in [0, 0.05) is 29.5 Å². The Bertz CT molecular complexity index is 1170. The summed E-state index contributed by atoms with van der Waals surface area (Å²) in [6.07, 6.45) is 8.77. The number of hydrogen-bond acceptors (Lipinski definition) is 3. The molecule has 2 aromatic rings. The second kappa shape index (κ2) is 10.1. The number of carbonyl (C=O) groups is 2. The molecule has 3 fully saturated rings. The van der Waals surface area contributed by atoms with Gasteiger partial charge in [0.25, 0.3) is 5.91 Å². The number of amides is 1. The van der Waals surface area contributed by atoms with E-state index in [2.05, 4.69) is 22.9 Å². The standard InChI is InChI=1S/C29H36F2N2O4/c1-17-24(26(34)32-22-11-20(12-22)27(35)36)15-25(33(17)16-18-6-4-3-5-7-18)19-10-21(29(2)8-9-29)14-23(13-19)37-28(30)31/h10,13-15,18,20,22,28H,3-9,11-12,16H2,1-2H3,(H,32,34)(H,35,36). The number of aliphatic carboxylic acids is 1. The number of aromatic nitrogens is 1. The lowest BCUT2D eigenvalue weighted by Gasteiger charge is -2.32. The Labute approximate surface area is 216 Å². The molecule has 0 atom stereocenters. The predicted octanol–water partition coefficient (Wildman–Crippen LogP) is 6.29. The third-order valence-electron chi connectivity index (χ3n) is 8.72. The van der Waals surface area contributed by atoms with Gasteiger partial charge in [-0.05, 0) is 86.6 Å². The first-order chi connectivity index (χ1) is 17.6. The molecule has 0 saturated heterocycles. The van der Waals surface area contributed by atoms with E-state index in [4.69, 9.17) is 9.84 Å². The van der Waals surface area contributed by atoms with Crippen LogP contribution >= 0.6 is 0 Å². The number of nitrogens with zero attached hydrogens (tertiary/aromatic N) is 1. The van der Waals surface area contributed by atoms with Gasteiger partial charge in [-0.2, -0.15) is 8.78 Å². The molecule has 1 amide bonds. The number of halogens is 2. The molecule has 2 N–H and O–H groups in total. The van der Waals surface area contributed by atoms with Gasteiger partial charge in [0.1, 0.15) is 5.75 Å². The van der Waals surface area contributed by atoms with E-state index >= 15 is 0 Å². The van der Waals surface area contributed by atoms with Crippen LogP contribution in [-0.4, -0.2) is 34.2 Å². The fraction of sp³-hybridized carbons (Fsp3) is 0.586. The predicted molar refractivity (Wildman–Crippen MR) is 136 cm³/mol. The van der Waals surface area contributed by atoms with E-state index in [0.717, 1.165) is 54.7 Å². The van der Waals surface area contributed by atoms with Gasteiger partial charge >= 0.3 is 12.6 Å². The van der Waals surface area contributed by atoms with Crippen molar-refractivity contribution in [2.45, 2.75) is 96.2 Å². The van der Waals surface area contributed by atoms with Crippen LogP contribution in [0.25, 0.3) is 11.3 Å². The van der Waals surface area contributed by atoms with Crippen LogP contribution in [-0.2, 0) is 16.8 Å². The monoisotopic (exact) mass is 514 g/mol. The molecule has 0 aliphatic heterocycles. The van der Waals surface area contributed by atoms with Crippen molar-refractivity contribution >= 4 is 11.9 Å². The maximum atomic E-state index is 13.3. The molecule has 1 heterocycles. The van der Waals surface area contributed by atoms with Gasteiger partial charge in [0.05, 0.1) is 11.5 Å². The smallest absolute Gasteiger partial charge is 0.387 e. The molecule has 5 rings (SSSR count). The number of alkyl halides is 2. The minimum absolute atomic E-state index is 0.0445. The fourth-order valence-corrected chi connectivity index (χ4v) is 5.92. The van der Waals surface area contributed by atoms with Crippen molar-refractivity contribution in [2.24, 2.45) is 11.8 Å². The Morgan fingerprint density at radius 2 is 1.84 bits per heavy atom. The Balaban J connectivity index is 1.50. The van der Waals surface area contributed by atoms with Gasteiger partial charge in [-0.25, -0.2) is 0 Å². The van der Waals surface area contributed by atoms with Crippen molar-refractivity contribution < 1.29 is 28.2 Å². The Hall–Kier alpha value is -2.90. The molecular weight excluding hydrogens is 478 g/mol. The number of benzene rings is 1. The minimum Gasteiger partial charge on any atom is -0.481 e. The fourth-order valence-electron chi connectivity index (χ4n) is 5.92. The first-order valence-corrected chi connectivity index (χ1v) is 13.5. The molecule has 1 aromatic carbocycles. The molecule has 3 aliphatic carbocycles. The summed E-state index contributed by atoms with van der Waals surface area (Å²) in [5.41, 5.74) is 3.92. The normalized spacial score (nSPS) is 22.9. The highest BCUT2D eigenvalue weighted by Gasteiger charge is 2.40. The highest BCUT2D eigenvalue weighted by Crippen LogP contribution is 2.49. The number of carbonyl (C=O) groups excluding carboxylic acids is 1. The number of carboxylic acids is 1. The van der Waals surface area contributed by atoms with Crippen LogP contribution in [0.5, 0.6) is 5.75 Å². The van der Waals surface area contributed by atoms with Gasteiger partial charge in [0.2, 0.25) is 0 Å². The minimum atomic E-state index is -2.91. The molecule has 0 bridgehead atoms. The van der Waals surface area contributed by atoms with E-state index in [1.54, 1.807) is 12.1 Å². The maximum Gasteiger partial charge on any atom is 0.387 e. The van der Waals surface area contributed by atoms with Crippen molar-refractivity contribution in [3.05, 3.63) is 41.1 Å². The number of ether oxygens (including phenoxy) is 1. The van der Waals surface area contributed by atoms with Gasteiger partial charge in [-0.1, -0.05) is 26.2 Å². The van der Waals surface area contributed by atoms with Gasteiger partial charge in [0.15, 0.2) is 0 Å². The van der Waals surface area contributed by atoms with E-state index in [0.29, 0.717) is 24.3 Å². The number of rotatable bonds is 9. The molecule has 0 unspecified atom stereocenters. The van der Waals surface area contributed by atoms with E-state index in [-0.39, 0.29) is 23.1 Å². The molecule has 3 saturated carbocycles. The van der Waals surface area contributed by atoms with Crippen molar-refractivity contribution in [3.8, 4) is 17.0 Å². The molecule has 37 heavy (non-hydrogen) atoms. The third-order valence-corrected chi connectivity index (χ3v) is 8.72. The molecule has 8 heteroatoms. The Morgan fingerprint density at radius 1 is 1.14 bits per heavy atom. The van der Waals surface area contributed by atoms with Crippen molar-refractivity contribution in [1.82, 2.24) is 9.88 Å². The quantitative estimate of drug-likeness (QED) is 0.412. The second-order valence-electron chi connectivity index (χ2n) is 11.5. The van der Waals surface area contributed by atoms with E-state index in [1.807, 2.05) is 13.0 Å². The molecule has 6 nitrogen and oxygen atoms in total. The average Bonchev–Trinajstić information content (AvgIpc) is 3.50. The number of carboxylic acid groups (broad SMARTS) is 1. The van der Waals surface area contributed by atoms with E-state index < -0.39 is 18.5 Å². The van der Waals surface area contributed by atoms with E-state index in [9.17, 15) is 18.4 Å². The second-order valence-corrected chi connectivity index (χ2v) is 11.5. The molecule has 3 aliphatic rings. The summed E-state index contributed by atoms with van der Waals surface area (Å²) in [6.45, 7) is 1.92. The lowest BCUT2D eigenvalue weighted by atomic mass is 9.80. The highest BCUT2D eigenvalue weighted by molar-refractivity contribution is 5.97. The topological polar surface area (TPSA) is 80.6 Å². The van der Waals surface area contributed by atoms with Crippen LogP contribution in [0.3, 0.4) is 0 Å². The van der Waals surface area contributed by atoms with Gasteiger partial charge in [-0.15, -0.1) is 0 Å². The Kier molecular flexibility index (Phi) is 7.03. The summed E-state index contributed by atoms with van der Waals surface area (Å²) in [6, 6.07) is 7.14. The molecule has 200 valence electrons.